The van der Waals surface area contributed by atoms with Crippen LogP contribution in [0, 0.1) is 0 Å². The summed E-state index contributed by atoms with van der Waals surface area (Å²) in [5.41, 5.74) is 1.95. The predicted octanol–water partition coefficient (Wildman–Crippen LogP) is 4.84. The van der Waals surface area contributed by atoms with Crippen molar-refractivity contribution in [2.24, 2.45) is 0 Å². The molecular formula is C26H36N2O3. The van der Waals surface area contributed by atoms with E-state index in [0.29, 0.717) is 13.0 Å². The Hall–Kier alpha value is -2.37. The molecule has 0 radical (unpaired) electrons. The number of benzene rings is 2. The number of aliphatic hydroxyl groups is 1. The summed E-state index contributed by atoms with van der Waals surface area (Å²) in [5.74, 6) is 0. The third-order valence-corrected chi connectivity index (χ3v) is 5.72. The molecular weight excluding hydrogens is 388 g/mol. The van der Waals surface area contributed by atoms with Gasteiger partial charge >= 0.3 is 6.09 Å². The standard InChI is InChI=1S/C26H36N2O3/c1-26(2,3)31-25(30)28-17-10-15-23(24(28)16-18-29)27(19-21-11-6-4-7-12-21)20-22-13-8-5-9-14-22/h4-9,11-14,23-24,29H,10,15-20H2,1-3H3/t23-,24+/m0/s1. The molecule has 1 heterocycles. The molecule has 0 spiro atoms. The van der Waals surface area contributed by atoms with Crippen molar-refractivity contribution in [2.75, 3.05) is 13.2 Å². The molecule has 31 heavy (non-hydrogen) atoms. The van der Waals surface area contributed by atoms with Crippen LogP contribution in [0.2, 0.25) is 0 Å². The topological polar surface area (TPSA) is 53.0 Å². The monoisotopic (exact) mass is 424 g/mol. The van der Waals surface area contributed by atoms with Crippen molar-refractivity contribution in [3.05, 3.63) is 71.8 Å². The van der Waals surface area contributed by atoms with E-state index >= 15 is 0 Å². The molecule has 1 N–H and O–H groups in total. The average Bonchev–Trinajstić information content (AvgIpc) is 2.74. The quantitative estimate of drug-likeness (QED) is 0.691. The van der Waals surface area contributed by atoms with Gasteiger partial charge in [-0.3, -0.25) is 4.90 Å². The van der Waals surface area contributed by atoms with Gasteiger partial charge in [0.1, 0.15) is 5.60 Å². The predicted molar refractivity (Wildman–Crippen MR) is 124 cm³/mol. The van der Waals surface area contributed by atoms with Crippen molar-refractivity contribution >= 4 is 6.09 Å². The number of hydrogen-bond acceptors (Lipinski definition) is 4. The summed E-state index contributed by atoms with van der Waals surface area (Å²) in [6.45, 7) is 7.99. The smallest absolute Gasteiger partial charge is 0.410 e. The molecule has 0 aromatic heterocycles. The fourth-order valence-corrected chi connectivity index (χ4v) is 4.42. The maximum absolute atomic E-state index is 13.0. The van der Waals surface area contributed by atoms with Gasteiger partial charge in [0.15, 0.2) is 0 Å². The van der Waals surface area contributed by atoms with Crippen LogP contribution < -0.4 is 0 Å². The maximum Gasteiger partial charge on any atom is 0.410 e. The zero-order valence-electron chi connectivity index (χ0n) is 19.0. The Labute approximate surface area is 186 Å². The molecule has 3 rings (SSSR count). The minimum Gasteiger partial charge on any atom is -0.444 e. The Balaban J connectivity index is 1.87. The van der Waals surface area contributed by atoms with E-state index in [1.807, 2.05) is 37.8 Å². The minimum atomic E-state index is -0.540. The number of hydrogen-bond donors (Lipinski definition) is 1. The number of likely N-dealkylation sites (tertiary alicyclic amines) is 1. The summed E-state index contributed by atoms with van der Waals surface area (Å²) in [7, 11) is 0. The molecule has 1 saturated heterocycles. The first-order valence-corrected chi connectivity index (χ1v) is 11.3. The normalized spacial score (nSPS) is 19.5. The number of carbonyl (C=O) groups is 1. The molecule has 0 unspecified atom stereocenters. The Bertz CT molecular complexity index is 763. The zero-order chi connectivity index (χ0) is 22.3. The van der Waals surface area contributed by atoms with Crippen LogP contribution in [-0.2, 0) is 17.8 Å². The molecule has 168 valence electrons. The first-order chi connectivity index (χ1) is 14.9. The van der Waals surface area contributed by atoms with Crippen molar-refractivity contribution in [1.29, 1.82) is 0 Å². The van der Waals surface area contributed by atoms with Crippen LogP contribution in [0.4, 0.5) is 4.79 Å². The summed E-state index contributed by atoms with van der Waals surface area (Å²) < 4.78 is 5.71. The molecule has 1 amide bonds. The van der Waals surface area contributed by atoms with Crippen LogP contribution in [0.15, 0.2) is 60.7 Å². The highest BCUT2D eigenvalue weighted by Gasteiger charge is 2.39. The van der Waals surface area contributed by atoms with Gasteiger partial charge in [-0.15, -0.1) is 0 Å². The van der Waals surface area contributed by atoms with E-state index in [2.05, 4.69) is 53.4 Å². The Kier molecular flexibility index (Phi) is 8.10. The molecule has 5 nitrogen and oxygen atoms in total. The molecule has 2 atom stereocenters. The van der Waals surface area contributed by atoms with Crippen LogP contribution >= 0.6 is 0 Å². The van der Waals surface area contributed by atoms with Crippen LogP contribution in [0.3, 0.4) is 0 Å². The van der Waals surface area contributed by atoms with Gasteiger partial charge in [0.25, 0.3) is 0 Å². The van der Waals surface area contributed by atoms with Crippen LogP contribution in [0.5, 0.6) is 0 Å². The van der Waals surface area contributed by atoms with Gasteiger partial charge in [0.05, 0.1) is 6.04 Å². The second kappa shape index (κ2) is 10.8. The maximum atomic E-state index is 13.0. The Morgan fingerprint density at radius 2 is 1.58 bits per heavy atom. The third-order valence-electron chi connectivity index (χ3n) is 5.72. The second-order valence-corrected chi connectivity index (χ2v) is 9.34. The lowest BCUT2D eigenvalue weighted by molar-refractivity contribution is -0.0185. The van der Waals surface area contributed by atoms with Gasteiger partial charge in [0, 0.05) is 32.3 Å². The van der Waals surface area contributed by atoms with Crippen LogP contribution in [0.1, 0.15) is 51.2 Å². The van der Waals surface area contributed by atoms with Gasteiger partial charge < -0.3 is 14.7 Å². The second-order valence-electron chi connectivity index (χ2n) is 9.34. The SMILES string of the molecule is CC(C)(C)OC(=O)N1CCC[C@H](N(Cc2ccccc2)Cc2ccccc2)[C@H]1CCO. The highest BCUT2D eigenvalue weighted by molar-refractivity contribution is 5.68. The lowest BCUT2D eigenvalue weighted by atomic mass is 9.91. The fraction of sp³-hybridized carbons (Fsp3) is 0.500. The largest absolute Gasteiger partial charge is 0.444 e. The van der Waals surface area contributed by atoms with Crippen LogP contribution in [-0.4, -0.2) is 51.8 Å². The van der Waals surface area contributed by atoms with E-state index in [1.165, 1.54) is 11.1 Å². The molecule has 0 bridgehead atoms. The highest BCUT2D eigenvalue weighted by Crippen LogP contribution is 2.29. The Morgan fingerprint density at radius 3 is 2.06 bits per heavy atom. The number of amides is 1. The molecule has 0 aliphatic carbocycles. The first-order valence-electron chi connectivity index (χ1n) is 11.3. The minimum absolute atomic E-state index is 0.0466. The van der Waals surface area contributed by atoms with Gasteiger partial charge in [0.2, 0.25) is 0 Å². The third kappa shape index (κ3) is 6.81. The number of ether oxygens (including phenoxy) is 1. The fourth-order valence-electron chi connectivity index (χ4n) is 4.42. The molecule has 2 aromatic rings. The molecule has 1 aliphatic heterocycles. The summed E-state index contributed by atoms with van der Waals surface area (Å²) in [6.07, 6.45) is 2.18. The molecule has 1 aliphatic rings. The van der Waals surface area contributed by atoms with E-state index in [9.17, 15) is 9.90 Å². The van der Waals surface area contributed by atoms with E-state index in [4.69, 9.17) is 4.74 Å². The average molecular weight is 425 g/mol. The summed E-state index contributed by atoms with van der Waals surface area (Å²) in [5, 5.41) is 9.83. The van der Waals surface area contributed by atoms with E-state index in [0.717, 1.165) is 25.9 Å². The molecule has 5 heteroatoms. The van der Waals surface area contributed by atoms with Gasteiger partial charge in [-0.2, -0.15) is 0 Å². The summed E-state index contributed by atoms with van der Waals surface area (Å²) >= 11 is 0. The van der Waals surface area contributed by atoms with Crippen LogP contribution in [0.25, 0.3) is 0 Å². The van der Waals surface area contributed by atoms with E-state index in [1.54, 1.807) is 0 Å². The lowest BCUT2D eigenvalue weighted by Crippen LogP contribution is -2.57. The van der Waals surface area contributed by atoms with Gasteiger partial charge in [-0.1, -0.05) is 60.7 Å². The van der Waals surface area contributed by atoms with Gasteiger partial charge in [-0.25, -0.2) is 4.79 Å². The summed E-state index contributed by atoms with van der Waals surface area (Å²) in [4.78, 5) is 17.3. The number of rotatable bonds is 7. The number of nitrogens with zero attached hydrogens (tertiary/aromatic N) is 2. The first kappa shape index (κ1) is 23.3. The van der Waals surface area contributed by atoms with Crippen molar-refractivity contribution in [2.45, 2.75) is 70.8 Å². The number of carbonyl (C=O) groups excluding carboxylic acids is 1. The van der Waals surface area contributed by atoms with Crippen molar-refractivity contribution in [1.82, 2.24) is 9.80 Å². The van der Waals surface area contributed by atoms with Crippen molar-refractivity contribution < 1.29 is 14.6 Å². The number of piperidine rings is 1. The lowest BCUT2D eigenvalue weighted by Gasteiger charge is -2.46. The van der Waals surface area contributed by atoms with Crippen molar-refractivity contribution in [3.8, 4) is 0 Å². The van der Waals surface area contributed by atoms with E-state index < -0.39 is 5.60 Å². The van der Waals surface area contributed by atoms with E-state index in [-0.39, 0.29) is 24.8 Å². The number of aliphatic hydroxyl groups excluding tert-OH is 1. The molecule has 0 saturated carbocycles. The Morgan fingerprint density at radius 1 is 1.03 bits per heavy atom. The van der Waals surface area contributed by atoms with Crippen molar-refractivity contribution in [3.63, 3.8) is 0 Å². The molecule has 1 fully saturated rings. The highest BCUT2D eigenvalue weighted by atomic mass is 16.6. The summed E-state index contributed by atoms with van der Waals surface area (Å²) in [6, 6.07) is 21.0. The molecule has 2 aromatic carbocycles. The van der Waals surface area contributed by atoms with Gasteiger partial charge in [-0.05, 0) is 51.2 Å². The zero-order valence-corrected chi connectivity index (χ0v) is 19.0.